The third-order valence-corrected chi connectivity index (χ3v) is 4.65. The molecule has 0 spiro atoms. The lowest BCUT2D eigenvalue weighted by molar-refractivity contribution is -0.140. The lowest BCUT2D eigenvalue weighted by atomic mass is 10.2. The summed E-state index contributed by atoms with van der Waals surface area (Å²) < 4.78 is 51.9. The summed E-state index contributed by atoms with van der Waals surface area (Å²) in [7, 11) is -3.34. The van der Waals surface area contributed by atoms with E-state index in [1.807, 2.05) is 0 Å². The summed E-state index contributed by atoms with van der Waals surface area (Å²) in [4.78, 5) is 22.2. The molecule has 6 nitrogen and oxygen atoms in total. The van der Waals surface area contributed by atoms with Crippen LogP contribution >= 0.6 is 0 Å². The van der Waals surface area contributed by atoms with Gasteiger partial charge in [0, 0.05) is 18.5 Å². The number of hydrogen-bond acceptors (Lipinski definition) is 5. The third kappa shape index (κ3) is 5.88. The van der Waals surface area contributed by atoms with Crippen molar-refractivity contribution in [3.63, 3.8) is 0 Å². The van der Waals surface area contributed by atoms with Crippen LogP contribution in [-0.2, 0) is 19.4 Å². The fourth-order valence-electron chi connectivity index (χ4n) is 1.88. The van der Waals surface area contributed by atoms with Crippen LogP contribution in [0.3, 0.4) is 0 Å². The molecule has 0 aromatic heterocycles. The van der Waals surface area contributed by atoms with E-state index in [0.717, 1.165) is 18.6 Å². The lowest BCUT2D eigenvalue weighted by Gasteiger charge is -2.07. The Morgan fingerprint density at radius 1 is 1.12 bits per heavy atom. The van der Waals surface area contributed by atoms with Gasteiger partial charge in [-0.25, -0.2) is 8.42 Å². The number of carbonyl (C=O) groups is 2. The molecule has 0 aliphatic rings. The molecule has 0 heterocycles. The van der Waals surface area contributed by atoms with Crippen LogP contribution in [-0.4, -0.2) is 39.7 Å². The van der Waals surface area contributed by atoms with Gasteiger partial charge in [0.2, 0.25) is 9.84 Å². The average Bonchev–Trinajstić information content (AvgIpc) is 2.57. The minimum Gasteiger partial charge on any atom is -0.469 e. The molecule has 1 aromatic carbocycles. The van der Waals surface area contributed by atoms with Gasteiger partial charge in [-0.15, -0.1) is 0 Å². The van der Waals surface area contributed by atoms with Crippen LogP contribution in [0.5, 0.6) is 0 Å². The smallest absolute Gasteiger partial charge is 0.341 e. The summed E-state index contributed by atoms with van der Waals surface area (Å²) in [6.07, 6.45) is 2.38. The number of halogens is 2. The molecular weight excluding hydrogens is 344 g/mol. The molecule has 0 aliphatic heterocycles. The van der Waals surface area contributed by atoms with Crippen molar-refractivity contribution in [3.05, 3.63) is 29.8 Å². The Kier molecular flexibility index (Phi) is 7.76. The Morgan fingerprint density at radius 2 is 1.75 bits per heavy atom. The van der Waals surface area contributed by atoms with Crippen LogP contribution in [0, 0.1) is 0 Å². The van der Waals surface area contributed by atoms with Crippen LogP contribution in [0.15, 0.2) is 29.2 Å². The highest BCUT2D eigenvalue weighted by molar-refractivity contribution is 7.91. The van der Waals surface area contributed by atoms with E-state index >= 15 is 0 Å². The van der Waals surface area contributed by atoms with Crippen molar-refractivity contribution in [2.24, 2.45) is 0 Å². The normalized spacial score (nSPS) is 11.3. The quantitative estimate of drug-likeness (QED) is 0.536. The molecule has 0 atom stereocenters. The van der Waals surface area contributed by atoms with Gasteiger partial charge >= 0.3 is 11.7 Å². The van der Waals surface area contributed by atoms with E-state index in [4.69, 9.17) is 0 Å². The van der Waals surface area contributed by atoms with Crippen molar-refractivity contribution < 1.29 is 31.5 Å². The summed E-state index contributed by atoms with van der Waals surface area (Å²) in [5, 5.41) is 2.63. The largest absolute Gasteiger partial charge is 0.469 e. The van der Waals surface area contributed by atoms with E-state index in [2.05, 4.69) is 10.1 Å². The minimum absolute atomic E-state index is 0.178. The first kappa shape index (κ1) is 20.0. The van der Waals surface area contributed by atoms with Crippen molar-refractivity contribution in [2.45, 2.75) is 36.3 Å². The number of carbonyl (C=O) groups excluding carboxylic acids is 2. The van der Waals surface area contributed by atoms with E-state index in [1.54, 1.807) is 0 Å². The van der Waals surface area contributed by atoms with Gasteiger partial charge < -0.3 is 10.1 Å². The Balaban J connectivity index is 2.42. The number of esters is 1. The zero-order valence-electron chi connectivity index (χ0n) is 13.1. The highest BCUT2D eigenvalue weighted by atomic mass is 32.2. The molecular formula is C15H19F2NO5S. The molecule has 0 saturated carbocycles. The predicted octanol–water partition coefficient (Wildman–Crippen LogP) is 2.15. The number of hydrogen-bond donors (Lipinski definition) is 1. The number of unbranched alkanes of at least 4 members (excludes halogenated alkanes) is 2. The molecule has 1 amide bonds. The highest BCUT2D eigenvalue weighted by Gasteiger charge is 2.26. The SMILES string of the molecule is COC(=O)CCCCCNC(=O)c1ccc(S(=O)(=O)C(F)F)cc1. The maximum absolute atomic E-state index is 12.4. The Labute approximate surface area is 139 Å². The summed E-state index contributed by atoms with van der Waals surface area (Å²) in [6, 6.07) is 4.32. The summed E-state index contributed by atoms with van der Waals surface area (Å²) in [5.41, 5.74) is 0.178. The van der Waals surface area contributed by atoms with Crippen molar-refractivity contribution in [3.8, 4) is 0 Å². The molecule has 1 N–H and O–H groups in total. The number of sulfone groups is 1. The first-order valence-corrected chi connectivity index (χ1v) is 8.81. The fourth-order valence-corrected chi connectivity index (χ4v) is 2.60. The van der Waals surface area contributed by atoms with Crippen LogP contribution in [0.4, 0.5) is 8.78 Å². The lowest BCUT2D eigenvalue weighted by Crippen LogP contribution is -2.24. The third-order valence-electron chi connectivity index (χ3n) is 3.25. The molecule has 1 rings (SSSR count). The van der Waals surface area contributed by atoms with Gasteiger partial charge in [0.1, 0.15) is 0 Å². The number of nitrogens with one attached hydrogen (secondary N) is 1. The first-order valence-electron chi connectivity index (χ1n) is 7.26. The molecule has 1 aromatic rings. The second-order valence-corrected chi connectivity index (χ2v) is 6.89. The zero-order chi connectivity index (χ0) is 18.2. The number of amides is 1. The maximum Gasteiger partial charge on any atom is 0.341 e. The first-order chi connectivity index (χ1) is 11.3. The number of alkyl halides is 2. The summed E-state index contributed by atoms with van der Waals surface area (Å²) >= 11 is 0. The summed E-state index contributed by atoms with van der Waals surface area (Å²) in [5.74, 6) is -4.20. The van der Waals surface area contributed by atoms with Crippen molar-refractivity contribution in [1.82, 2.24) is 5.32 Å². The number of ether oxygens (including phenoxy) is 1. The molecule has 24 heavy (non-hydrogen) atoms. The topological polar surface area (TPSA) is 89.5 Å². The Bertz CT molecular complexity index is 659. The van der Waals surface area contributed by atoms with Crippen LogP contribution in [0.25, 0.3) is 0 Å². The Morgan fingerprint density at radius 3 is 2.29 bits per heavy atom. The highest BCUT2D eigenvalue weighted by Crippen LogP contribution is 2.18. The van der Waals surface area contributed by atoms with Crippen molar-refractivity contribution >= 4 is 21.7 Å². The zero-order valence-corrected chi connectivity index (χ0v) is 13.9. The van der Waals surface area contributed by atoms with E-state index in [-0.39, 0.29) is 11.5 Å². The molecule has 0 radical (unpaired) electrons. The van der Waals surface area contributed by atoms with Crippen LogP contribution in [0.2, 0.25) is 0 Å². The second-order valence-electron chi connectivity index (χ2n) is 4.97. The predicted molar refractivity (Wildman–Crippen MR) is 82.4 cm³/mol. The fraction of sp³-hybridized carbons (Fsp3) is 0.467. The van der Waals surface area contributed by atoms with Crippen molar-refractivity contribution in [2.75, 3.05) is 13.7 Å². The average molecular weight is 363 g/mol. The van der Waals surface area contributed by atoms with Gasteiger partial charge in [0.15, 0.2) is 0 Å². The number of rotatable bonds is 9. The molecule has 0 saturated heterocycles. The monoisotopic (exact) mass is 363 g/mol. The number of benzene rings is 1. The summed E-state index contributed by atoms with van der Waals surface area (Å²) in [6.45, 7) is 0.386. The van der Waals surface area contributed by atoms with Crippen molar-refractivity contribution in [1.29, 1.82) is 0 Å². The minimum atomic E-state index is -4.66. The molecule has 0 aliphatic carbocycles. The van der Waals surface area contributed by atoms with Gasteiger partial charge in [-0.2, -0.15) is 8.78 Å². The van der Waals surface area contributed by atoms with Crippen LogP contribution < -0.4 is 5.32 Å². The van der Waals surface area contributed by atoms with E-state index < -0.39 is 26.4 Å². The second kappa shape index (κ2) is 9.31. The van der Waals surface area contributed by atoms with Gasteiger partial charge in [0.25, 0.3) is 5.91 Å². The van der Waals surface area contributed by atoms with Crippen LogP contribution in [0.1, 0.15) is 36.0 Å². The Hall–Kier alpha value is -2.03. The van der Waals surface area contributed by atoms with E-state index in [1.165, 1.54) is 19.2 Å². The maximum atomic E-state index is 12.4. The number of methoxy groups -OCH3 is 1. The van der Waals surface area contributed by atoms with E-state index in [9.17, 15) is 26.8 Å². The molecule has 134 valence electrons. The van der Waals surface area contributed by atoms with Gasteiger partial charge in [-0.3, -0.25) is 9.59 Å². The standard InChI is InChI=1S/C15H19F2NO5S/c1-23-13(19)5-3-2-4-10-18-14(20)11-6-8-12(9-7-11)24(21,22)15(16)17/h6-9,15H,2-5,10H2,1H3,(H,18,20). The molecule has 0 unspecified atom stereocenters. The molecule has 9 heteroatoms. The van der Waals surface area contributed by atoms with E-state index in [0.29, 0.717) is 25.8 Å². The van der Waals surface area contributed by atoms with Gasteiger partial charge in [0.05, 0.1) is 12.0 Å². The van der Waals surface area contributed by atoms with Gasteiger partial charge in [-0.05, 0) is 37.1 Å². The van der Waals surface area contributed by atoms with Gasteiger partial charge in [-0.1, -0.05) is 6.42 Å². The molecule has 0 bridgehead atoms. The molecule has 0 fully saturated rings.